The SMILES string of the molecule is CCCNC(=S)N=C(N)N.Cc1ccc(S(=O)(=O)O)cc1. The smallest absolute Gasteiger partial charge is 0.294 e. The highest BCUT2D eigenvalue weighted by molar-refractivity contribution is 7.85. The van der Waals surface area contributed by atoms with Crippen LogP contribution in [0.3, 0.4) is 0 Å². The Labute approximate surface area is 130 Å². The van der Waals surface area contributed by atoms with Crippen LogP contribution in [0.15, 0.2) is 34.2 Å². The largest absolute Gasteiger partial charge is 0.370 e. The Bertz CT molecular complexity index is 579. The van der Waals surface area contributed by atoms with E-state index in [1.807, 2.05) is 13.8 Å². The first-order chi connectivity index (χ1) is 9.66. The molecule has 0 aliphatic rings. The lowest BCUT2D eigenvalue weighted by Gasteiger charge is -1.99. The third-order valence-corrected chi connectivity index (χ3v) is 3.18. The molecule has 6 N–H and O–H groups in total. The van der Waals surface area contributed by atoms with Crippen molar-refractivity contribution in [3.8, 4) is 0 Å². The predicted octanol–water partition coefficient (Wildman–Crippen LogP) is 0.786. The van der Waals surface area contributed by atoms with E-state index < -0.39 is 10.1 Å². The summed E-state index contributed by atoms with van der Waals surface area (Å²) in [5.41, 5.74) is 11.1. The maximum atomic E-state index is 10.5. The van der Waals surface area contributed by atoms with Crippen LogP contribution in [0.25, 0.3) is 0 Å². The van der Waals surface area contributed by atoms with Crippen molar-refractivity contribution in [2.75, 3.05) is 6.54 Å². The molecule has 0 radical (unpaired) electrons. The van der Waals surface area contributed by atoms with Gasteiger partial charge in [-0.3, -0.25) is 4.55 Å². The van der Waals surface area contributed by atoms with E-state index in [2.05, 4.69) is 10.3 Å². The molecule has 0 atom stereocenters. The van der Waals surface area contributed by atoms with Gasteiger partial charge in [0.2, 0.25) is 0 Å². The van der Waals surface area contributed by atoms with Crippen molar-refractivity contribution in [1.82, 2.24) is 5.32 Å². The molecule has 0 aliphatic carbocycles. The van der Waals surface area contributed by atoms with Gasteiger partial charge in [0.15, 0.2) is 11.1 Å². The summed E-state index contributed by atoms with van der Waals surface area (Å²) >= 11 is 4.74. The molecular weight excluding hydrogens is 312 g/mol. The molecule has 1 aromatic rings. The van der Waals surface area contributed by atoms with Crippen molar-refractivity contribution in [3.05, 3.63) is 29.8 Å². The molecule has 0 aliphatic heterocycles. The molecule has 0 fully saturated rings. The van der Waals surface area contributed by atoms with Crippen molar-refractivity contribution in [2.45, 2.75) is 25.2 Å². The molecule has 0 spiro atoms. The maximum Gasteiger partial charge on any atom is 0.294 e. The monoisotopic (exact) mass is 332 g/mol. The first kappa shape index (κ1) is 19.3. The van der Waals surface area contributed by atoms with Crippen LogP contribution in [0.2, 0.25) is 0 Å². The van der Waals surface area contributed by atoms with E-state index in [9.17, 15) is 8.42 Å². The highest BCUT2D eigenvalue weighted by Crippen LogP contribution is 2.08. The average molecular weight is 332 g/mol. The maximum absolute atomic E-state index is 10.5. The third-order valence-electron chi connectivity index (χ3n) is 2.08. The third kappa shape index (κ3) is 9.77. The zero-order chi connectivity index (χ0) is 16.5. The van der Waals surface area contributed by atoms with Crippen LogP contribution in [0, 0.1) is 6.92 Å². The average Bonchev–Trinajstić information content (AvgIpc) is 2.35. The van der Waals surface area contributed by atoms with E-state index in [-0.39, 0.29) is 10.9 Å². The van der Waals surface area contributed by atoms with Crippen molar-refractivity contribution in [1.29, 1.82) is 0 Å². The summed E-state index contributed by atoms with van der Waals surface area (Å²) in [5, 5.41) is 3.20. The normalized spacial score (nSPS) is 10.0. The Morgan fingerprint density at radius 3 is 2.24 bits per heavy atom. The number of nitrogens with two attached hydrogens (primary N) is 2. The highest BCUT2D eigenvalue weighted by Gasteiger charge is 2.06. The number of benzene rings is 1. The molecule has 0 saturated heterocycles. The summed E-state index contributed by atoms with van der Waals surface area (Å²) in [7, 11) is -4.02. The number of hydrogen-bond donors (Lipinski definition) is 4. The van der Waals surface area contributed by atoms with Gasteiger partial charge in [-0.1, -0.05) is 24.6 Å². The standard InChI is InChI=1S/C7H8O3S.C5H12N4S/c1-6-2-4-7(5-3-6)11(8,9)10;1-2-3-8-5(10)9-4(6)7/h2-5H,1H3,(H,8,9,10);2-3H2,1H3,(H5,6,7,8,9,10). The second-order valence-corrected chi connectivity index (χ2v) is 5.86. The van der Waals surface area contributed by atoms with E-state index in [4.69, 9.17) is 28.2 Å². The fourth-order valence-electron chi connectivity index (χ4n) is 1.10. The molecule has 9 heteroatoms. The topological polar surface area (TPSA) is 131 Å². The predicted molar refractivity (Wildman–Crippen MR) is 87.7 cm³/mol. The van der Waals surface area contributed by atoms with Gasteiger partial charge in [-0.25, -0.2) is 0 Å². The van der Waals surface area contributed by atoms with Crippen molar-refractivity contribution < 1.29 is 13.0 Å². The van der Waals surface area contributed by atoms with Crippen LogP contribution in [-0.4, -0.2) is 30.6 Å². The van der Waals surface area contributed by atoms with E-state index in [0.717, 1.165) is 18.5 Å². The molecule has 0 saturated carbocycles. The number of aryl methyl sites for hydroxylation is 1. The number of guanidine groups is 1. The first-order valence-corrected chi connectivity index (χ1v) is 7.93. The number of thiocarbonyl (C=S) groups is 1. The molecule has 0 heterocycles. The Morgan fingerprint density at radius 2 is 1.86 bits per heavy atom. The zero-order valence-electron chi connectivity index (χ0n) is 11.9. The lowest BCUT2D eigenvalue weighted by atomic mass is 10.2. The highest BCUT2D eigenvalue weighted by atomic mass is 32.2. The molecule has 0 amide bonds. The van der Waals surface area contributed by atoms with Gasteiger partial charge in [0, 0.05) is 6.54 Å². The summed E-state index contributed by atoms with van der Waals surface area (Å²) in [6, 6.07) is 5.99. The molecule has 0 unspecified atom stereocenters. The molecule has 118 valence electrons. The summed E-state index contributed by atoms with van der Waals surface area (Å²) < 4.78 is 29.6. The van der Waals surface area contributed by atoms with E-state index in [1.165, 1.54) is 12.1 Å². The Balaban J connectivity index is 0.000000384. The molecule has 0 bridgehead atoms. The fraction of sp³-hybridized carbons (Fsp3) is 0.333. The summed E-state index contributed by atoms with van der Waals surface area (Å²) in [4.78, 5) is 3.54. The fourth-order valence-corrected chi connectivity index (χ4v) is 1.79. The van der Waals surface area contributed by atoms with Crippen LogP contribution < -0.4 is 16.8 Å². The second-order valence-electron chi connectivity index (χ2n) is 4.06. The first-order valence-electron chi connectivity index (χ1n) is 6.08. The van der Waals surface area contributed by atoms with Crippen LogP contribution >= 0.6 is 12.2 Å². The Hall–Kier alpha value is -1.71. The van der Waals surface area contributed by atoms with Crippen LogP contribution in [0.1, 0.15) is 18.9 Å². The molecule has 1 rings (SSSR count). The van der Waals surface area contributed by atoms with Crippen molar-refractivity contribution >= 4 is 33.4 Å². The lowest BCUT2D eigenvalue weighted by Crippen LogP contribution is -2.28. The van der Waals surface area contributed by atoms with E-state index in [0.29, 0.717) is 5.11 Å². The van der Waals surface area contributed by atoms with Gasteiger partial charge in [0.05, 0.1) is 4.90 Å². The Kier molecular flexibility index (Phi) is 8.51. The lowest BCUT2D eigenvalue weighted by molar-refractivity contribution is 0.483. The van der Waals surface area contributed by atoms with Gasteiger partial charge in [-0.05, 0) is 37.7 Å². The minimum Gasteiger partial charge on any atom is -0.370 e. The van der Waals surface area contributed by atoms with Crippen molar-refractivity contribution in [2.24, 2.45) is 16.5 Å². The molecule has 21 heavy (non-hydrogen) atoms. The van der Waals surface area contributed by atoms with Crippen LogP contribution in [0.5, 0.6) is 0 Å². The molecule has 0 aromatic heterocycles. The summed E-state index contributed by atoms with van der Waals surface area (Å²) in [6.07, 6.45) is 1.00. The van der Waals surface area contributed by atoms with E-state index in [1.54, 1.807) is 12.1 Å². The minimum absolute atomic E-state index is 0.00592. The van der Waals surface area contributed by atoms with Crippen LogP contribution in [-0.2, 0) is 10.1 Å². The van der Waals surface area contributed by atoms with Gasteiger partial charge in [0.1, 0.15) is 0 Å². The Morgan fingerprint density at radius 1 is 1.33 bits per heavy atom. The van der Waals surface area contributed by atoms with Crippen LogP contribution in [0.4, 0.5) is 0 Å². The number of rotatable bonds is 3. The van der Waals surface area contributed by atoms with E-state index >= 15 is 0 Å². The summed E-state index contributed by atoms with van der Waals surface area (Å²) in [5.74, 6) is -0.00592. The van der Waals surface area contributed by atoms with Gasteiger partial charge in [-0.15, -0.1) is 0 Å². The quantitative estimate of drug-likeness (QED) is 0.278. The zero-order valence-corrected chi connectivity index (χ0v) is 13.5. The number of nitrogens with zero attached hydrogens (tertiary/aromatic N) is 1. The van der Waals surface area contributed by atoms with Gasteiger partial charge < -0.3 is 16.8 Å². The van der Waals surface area contributed by atoms with Crippen molar-refractivity contribution in [3.63, 3.8) is 0 Å². The molecular formula is C12H20N4O3S2. The minimum atomic E-state index is -4.02. The summed E-state index contributed by atoms with van der Waals surface area (Å²) in [6.45, 7) is 4.68. The number of nitrogens with one attached hydrogen (secondary N) is 1. The second kappa shape index (κ2) is 9.27. The number of hydrogen-bond acceptors (Lipinski definition) is 3. The van der Waals surface area contributed by atoms with Gasteiger partial charge in [0.25, 0.3) is 10.1 Å². The molecule has 7 nitrogen and oxygen atoms in total. The molecule has 1 aromatic carbocycles. The van der Waals surface area contributed by atoms with Gasteiger partial charge in [-0.2, -0.15) is 13.4 Å². The number of aliphatic imine (C=N–C) groups is 1. The van der Waals surface area contributed by atoms with Gasteiger partial charge >= 0.3 is 0 Å².